The first-order chi connectivity index (χ1) is 10.7. The molecular weight excluding hydrogens is 278 g/mol. The van der Waals surface area contributed by atoms with Gasteiger partial charge in [-0.25, -0.2) is 0 Å². The number of likely N-dealkylation sites (tertiary alicyclic amines) is 1. The molecule has 22 heavy (non-hydrogen) atoms. The molecule has 1 fully saturated rings. The summed E-state index contributed by atoms with van der Waals surface area (Å²) in [4.78, 5) is 2.40. The van der Waals surface area contributed by atoms with Crippen LogP contribution in [0.25, 0.3) is 0 Å². The van der Waals surface area contributed by atoms with Crippen LogP contribution in [-0.4, -0.2) is 48.0 Å². The number of piperidine rings is 1. The largest absolute Gasteiger partial charge is 0.491 e. The van der Waals surface area contributed by atoms with Crippen molar-refractivity contribution in [1.82, 2.24) is 4.90 Å². The van der Waals surface area contributed by atoms with E-state index in [1.54, 1.807) is 0 Å². The Bertz CT molecular complexity index is 477. The number of nitrogens with zero attached hydrogens (tertiary/aromatic N) is 1. The average Bonchev–Trinajstić information content (AvgIpc) is 2.54. The van der Waals surface area contributed by atoms with Gasteiger partial charge in [0.1, 0.15) is 12.4 Å². The Kier molecular flexibility index (Phi) is 6.43. The van der Waals surface area contributed by atoms with Crippen molar-refractivity contribution in [2.24, 2.45) is 5.41 Å². The zero-order valence-electron chi connectivity index (χ0n) is 13.2. The Hall–Kier alpha value is -1.36. The van der Waals surface area contributed by atoms with Crippen LogP contribution in [0, 0.1) is 5.41 Å². The third kappa shape index (κ3) is 4.57. The zero-order chi connectivity index (χ0) is 15.8. The quantitative estimate of drug-likeness (QED) is 0.723. The van der Waals surface area contributed by atoms with Gasteiger partial charge in [0, 0.05) is 18.5 Å². The van der Waals surface area contributed by atoms with Crippen LogP contribution in [0.3, 0.4) is 0 Å². The van der Waals surface area contributed by atoms with Gasteiger partial charge < -0.3 is 14.9 Å². The van der Waals surface area contributed by atoms with Gasteiger partial charge in [0.2, 0.25) is 0 Å². The van der Waals surface area contributed by atoms with Crippen molar-refractivity contribution < 1.29 is 14.9 Å². The van der Waals surface area contributed by atoms with Gasteiger partial charge in [-0.3, -0.25) is 4.90 Å². The summed E-state index contributed by atoms with van der Waals surface area (Å²) in [6.07, 6.45) is 4.95. The second kappa shape index (κ2) is 8.32. The molecule has 4 heteroatoms. The molecule has 1 heterocycles. The fraction of sp³-hybridized carbons (Fsp3) is 0.556. The van der Waals surface area contributed by atoms with Gasteiger partial charge in [0.05, 0.1) is 13.2 Å². The molecule has 0 spiro atoms. The van der Waals surface area contributed by atoms with E-state index in [-0.39, 0.29) is 18.6 Å². The van der Waals surface area contributed by atoms with Gasteiger partial charge in [0.25, 0.3) is 0 Å². The van der Waals surface area contributed by atoms with Crippen LogP contribution in [0.5, 0.6) is 5.75 Å². The normalized spacial score (nSPS) is 22.5. The summed E-state index contributed by atoms with van der Waals surface area (Å²) in [5.74, 6) is 0.795. The lowest BCUT2D eigenvalue weighted by atomic mass is 9.78. The number of hydrogen-bond acceptors (Lipinski definition) is 4. The van der Waals surface area contributed by atoms with Crippen LogP contribution in [0.1, 0.15) is 24.8 Å². The average molecular weight is 305 g/mol. The summed E-state index contributed by atoms with van der Waals surface area (Å²) in [6.45, 7) is 7.20. The van der Waals surface area contributed by atoms with Crippen molar-refractivity contribution in [3.8, 4) is 5.75 Å². The third-order valence-corrected chi connectivity index (χ3v) is 4.32. The first kappa shape index (κ1) is 17.0. The number of ether oxygens (including phenoxy) is 1. The van der Waals surface area contributed by atoms with Gasteiger partial charge in [0.15, 0.2) is 0 Å². The number of allylic oxidation sites excluding steroid dienone is 1. The van der Waals surface area contributed by atoms with E-state index >= 15 is 0 Å². The minimum Gasteiger partial charge on any atom is -0.491 e. The number of aliphatic hydroxyl groups is 2. The highest BCUT2D eigenvalue weighted by atomic mass is 16.5. The first-order valence-electron chi connectivity index (χ1n) is 7.98. The number of benzene rings is 1. The Morgan fingerprint density at radius 3 is 2.95 bits per heavy atom. The highest BCUT2D eigenvalue weighted by Crippen LogP contribution is 2.34. The Morgan fingerprint density at radius 1 is 1.36 bits per heavy atom. The fourth-order valence-corrected chi connectivity index (χ4v) is 3.27. The molecule has 4 nitrogen and oxygen atoms in total. The maximum atomic E-state index is 9.78. The molecular formula is C18H27NO3. The van der Waals surface area contributed by atoms with Crippen molar-refractivity contribution in [3.05, 3.63) is 42.5 Å². The summed E-state index contributed by atoms with van der Waals surface area (Å²) in [6, 6.07) is 8.01. The maximum Gasteiger partial charge on any atom is 0.119 e. The van der Waals surface area contributed by atoms with E-state index in [0.29, 0.717) is 6.61 Å². The second-order valence-electron chi connectivity index (χ2n) is 6.18. The van der Waals surface area contributed by atoms with Crippen molar-refractivity contribution in [1.29, 1.82) is 0 Å². The smallest absolute Gasteiger partial charge is 0.119 e. The molecule has 0 aliphatic carbocycles. The van der Waals surface area contributed by atoms with Crippen molar-refractivity contribution in [2.75, 3.05) is 32.9 Å². The fourth-order valence-electron chi connectivity index (χ4n) is 3.27. The molecule has 122 valence electrons. The lowest BCUT2D eigenvalue weighted by Gasteiger charge is -2.41. The van der Waals surface area contributed by atoms with E-state index < -0.39 is 0 Å². The zero-order valence-corrected chi connectivity index (χ0v) is 13.2. The Morgan fingerprint density at radius 2 is 2.23 bits per heavy atom. The number of hydrogen-bond donors (Lipinski definition) is 2. The molecule has 2 N–H and O–H groups in total. The van der Waals surface area contributed by atoms with E-state index in [4.69, 9.17) is 9.84 Å². The molecule has 0 amide bonds. The lowest BCUT2D eigenvalue weighted by Crippen LogP contribution is -2.44. The van der Waals surface area contributed by atoms with Crippen LogP contribution in [-0.2, 0) is 6.54 Å². The highest BCUT2D eigenvalue weighted by Gasteiger charge is 2.33. The van der Waals surface area contributed by atoms with E-state index in [1.807, 2.05) is 24.3 Å². The monoisotopic (exact) mass is 305 g/mol. The lowest BCUT2D eigenvalue weighted by molar-refractivity contribution is 0.0309. The maximum absolute atomic E-state index is 9.78. The summed E-state index contributed by atoms with van der Waals surface area (Å²) in [5, 5.41) is 18.6. The Balaban J connectivity index is 1.99. The topological polar surface area (TPSA) is 52.9 Å². The summed E-state index contributed by atoms with van der Waals surface area (Å²) in [5.41, 5.74) is 1.16. The molecule has 1 aromatic carbocycles. The molecule has 1 saturated heterocycles. The van der Waals surface area contributed by atoms with Crippen LogP contribution < -0.4 is 4.74 Å². The highest BCUT2D eigenvalue weighted by molar-refractivity contribution is 5.28. The summed E-state index contributed by atoms with van der Waals surface area (Å²) < 4.78 is 5.46. The standard InChI is InChI=1S/C18H27NO3/c1-2-7-18(15-21)8-4-9-19(14-18)13-16-5-3-6-17(12-16)22-11-10-20/h2-3,5-6,12,20-21H,1,4,7-11,13-15H2. The minimum absolute atomic E-state index is 0.0247. The first-order valence-corrected chi connectivity index (χ1v) is 7.98. The number of aliphatic hydroxyl groups excluding tert-OH is 2. The summed E-state index contributed by atoms with van der Waals surface area (Å²) in [7, 11) is 0. The predicted octanol–water partition coefficient (Wildman–Crippen LogP) is 2.21. The molecule has 1 aliphatic rings. The van der Waals surface area contributed by atoms with Crippen LogP contribution in [0.4, 0.5) is 0 Å². The number of rotatable bonds is 8. The molecule has 1 unspecified atom stereocenters. The molecule has 0 bridgehead atoms. The molecule has 1 aliphatic heterocycles. The summed E-state index contributed by atoms with van der Waals surface area (Å²) >= 11 is 0. The molecule has 0 aromatic heterocycles. The van der Waals surface area contributed by atoms with Crippen LogP contribution in [0.15, 0.2) is 36.9 Å². The van der Waals surface area contributed by atoms with Crippen molar-refractivity contribution in [2.45, 2.75) is 25.8 Å². The molecule has 1 aromatic rings. The predicted molar refractivity (Wildman–Crippen MR) is 87.9 cm³/mol. The van der Waals surface area contributed by atoms with Crippen molar-refractivity contribution >= 4 is 0 Å². The van der Waals surface area contributed by atoms with Crippen LogP contribution in [0.2, 0.25) is 0 Å². The molecule has 0 radical (unpaired) electrons. The minimum atomic E-state index is -0.0367. The molecule has 1 atom stereocenters. The van der Waals surface area contributed by atoms with Crippen molar-refractivity contribution in [3.63, 3.8) is 0 Å². The van der Waals surface area contributed by atoms with Crippen LogP contribution >= 0.6 is 0 Å². The third-order valence-electron chi connectivity index (χ3n) is 4.32. The second-order valence-corrected chi connectivity index (χ2v) is 6.18. The molecule has 2 rings (SSSR count). The van der Waals surface area contributed by atoms with E-state index in [2.05, 4.69) is 17.5 Å². The van der Waals surface area contributed by atoms with Gasteiger partial charge >= 0.3 is 0 Å². The van der Waals surface area contributed by atoms with Gasteiger partial charge in [-0.1, -0.05) is 18.2 Å². The SMILES string of the molecule is C=CCC1(CO)CCCN(Cc2cccc(OCCO)c2)C1. The van der Waals surface area contributed by atoms with E-state index in [1.165, 1.54) is 5.56 Å². The van der Waals surface area contributed by atoms with E-state index in [0.717, 1.165) is 44.6 Å². The molecule has 0 saturated carbocycles. The van der Waals surface area contributed by atoms with Gasteiger partial charge in [-0.2, -0.15) is 0 Å². The van der Waals surface area contributed by atoms with Gasteiger partial charge in [-0.05, 0) is 43.5 Å². The Labute approximate surface area is 133 Å². The van der Waals surface area contributed by atoms with E-state index in [9.17, 15) is 5.11 Å². The van der Waals surface area contributed by atoms with Gasteiger partial charge in [-0.15, -0.1) is 6.58 Å².